The molecule has 4 nitrogen and oxygen atoms in total. The van der Waals surface area contributed by atoms with Crippen molar-refractivity contribution in [2.45, 2.75) is 26.3 Å². The van der Waals surface area contributed by atoms with Crippen molar-refractivity contribution in [3.05, 3.63) is 0 Å². The van der Waals surface area contributed by atoms with Gasteiger partial charge in [0.25, 0.3) is 0 Å². The molecule has 0 aliphatic heterocycles. The fourth-order valence-corrected chi connectivity index (χ4v) is 0.934. The number of amides is 1. The monoisotopic (exact) mass is 157 g/mol. The first-order valence-corrected chi connectivity index (χ1v) is 3.47. The van der Waals surface area contributed by atoms with Crippen LogP contribution in [0, 0.1) is 5.41 Å². The van der Waals surface area contributed by atoms with E-state index < -0.39 is 11.9 Å². The van der Waals surface area contributed by atoms with E-state index in [1.807, 2.05) is 13.8 Å². The first-order valence-electron chi connectivity index (χ1n) is 3.47. The Kier molecular flexibility index (Phi) is 1.62. The average molecular weight is 157 g/mol. The van der Waals surface area contributed by atoms with Gasteiger partial charge in [-0.1, -0.05) is 13.8 Å². The Labute approximate surface area is 64.6 Å². The van der Waals surface area contributed by atoms with Gasteiger partial charge in [0, 0.05) is 6.04 Å². The molecule has 1 unspecified atom stereocenters. The minimum atomic E-state index is -1.41. The third-order valence-corrected chi connectivity index (χ3v) is 2.01. The molecule has 1 atom stereocenters. The molecule has 0 aromatic rings. The minimum absolute atomic E-state index is 0.0473. The van der Waals surface area contributed by atoms with Crippen LogP contribution < -0.4 is 5.32 Å². The second-order valence-electron chi connectivity index (χ2n) is 3.52. The van der Waals surface area contributed by atoms with Crippen LogP contribution in [0.15, 0.2) is 0 Å². The summed E-state index contributed by atoms with van der Waals surface area (Å²) in [5.41, 5.74) is 0.0884. The van der Waals surface area contributed by atoms with Crippen molar-refractivity contribution < 1.29 is 14.7 Å². The van der Waals surface area contributed by atoms with Crippen molar-refractivity contribution in [3.8, 4) is 0 Å². The fraction of sp³-hybridized carbons (Fsp3) is 0.714. The molecular formula is C7H11NO3. The fourth-order valence-electron chi connectivity index (χ4n) is 0.934. The number of carbonyl (C=O) groups is 2. The van der Waals surface area contributed by atoms with E-state index in [0.717, 1.165) is 6.42 Å². The summed E-state index contributed by atoms with van der Waals surface area (Å²) in [6.07, 6.45) is 0.867. The molecule has 0 radical (unpaired) electrons. The quantitative estimate of drug-likeness (QED) is 0.526. The topological polar surface area (TPSA) is 66.4 Å². The first-order chi connectivity index (χ1) is 4.93. The number of aliphatic carboxylic acids is 1. The molecule has 1 fully saturated rings. The summed E-state index contributed by atoms with van der Waals surface area (Å²) in [6.45, 7) is 3.97. The Bertz CT molecular complexity index is 210. The van der Waals surface area contributed by atoms with E-state index >= 15 is 0 Å². The van der Waals surface area contributed by atoms with Gasteiger partial charge in [-0.15, -0.1) is 0 Å². The molecule has 0 bridgehead atoms. The third kappa shape index (κ3) is 1.69. The van der Waals surface area contributed by atoms with Crippen LogP contribution in [-0.2, 0) is 9.59 Å². The van der Waals surface area contributed by atoms with Crippen molar-refractivity contribution in [1.82, 2.24) is 5.32 Å². The number of rotatable bonds is 1. The van der Waals surface area contributed by atoms with Crippen LogP contribution in [-0.4, -0.2) is 23.0 Å². The van der Waals surface area contributed by atoms with Gasteiger partial charge in [0.2, 0.25) is 0 Å². The molecule has 0 heterocycles. The highest BCUT2D eigenvalue weighted by molar-refractivity contribution is 6.31. The van der Waals surface area contributed by atoms with Gasteiger partial charge in [0.1, 0.15) is 0 Å². The summed E-state index contributed by atoms with van der Waals surface area (Å²) in [5.74, 6) is -2.31. The Balaban J connectivity index is 2.35. The number of carbonyl (C=O) groups excluding carboxylic acids is 1. The summed E-state index contributed by atoms with van der Waals surface area (Å²) in [4.78, 5) is 20.6. The maximum atomic E-state index is 10.6. The van der Waals surface area contributed by atoms with Crippen LogP contribution in [0.1, 0.15) is 20.3 Å². The lowest BCUT2D eigenvalue weighted by molar-refractivity contribution is -0.150. The van der Waals surface area contributed by atoms with E-state index in [1.165, 1.54) is 0 Å². The van der Waals surface area contributed by atoms with E-state index in [-0.39, 0.29) is 11.5 Å². The number of hydrogen-bond acceptors (Lipinski definition) is 2. The van der Waals surface area contributed by atoms with E-state index in [0.29, 0.717) is 0 Å². The molecule has 0 spiro atoms. The molecule has 1 aliphatic rings. The van der Waals surface area contributed by atoms with Crippen molar-refractivity contribution in [2.75, 3.05) is 0 Å². The predicted molar refractivity (Wildman–Crippen MR) is 38.0 cm³/mol. The van der Waals surface area contributed by atoms with Gasteiger partial charge >= 0.3 is 11.9 Å². The summed E-state index contributed by atoms with van der Waals surface area (Å²) in [7, 11) is 0. The van der Waals surface area contributed by atoms with Gasteiger partial charge in [-0.2, -0.15) is 0 Å². The molecule has 0 saturated heterocycles. The van der Waals surface area contributed by atoms with Crippen molar-refractivity contribution in [2.24, 2.45) is 5.41 Å². The maximum absolute atomic E-state index is 10.6. The Hall–Kier alpha value is -1.06. The Morgan fingerprint density at radius 2 is 2.00 bits per heavy atom. The molecule has 11 heavy (non-hydrogen) atoms. The van der Waals surface area contributed by atoms with Crippen LogP contribution >= 0.6 is 0 Å². The second-order valence-corrected chi connectivity index (χ2v) is 3.52. The van der Waals surface area contributed by atoms with E-state index in [1.54, 1.807) is 0 Å². The summed E-state index contributed by atoms with van der Waals surface area (Å²) < 4.78 is 0. The van der Waals surface area contributed by atoms with Crippen molar-refractivity contribution in [1.29, 1.82) is 0 Å². The lowest BCUT2D eigenvalue weighted by Gasteiger charge is -2.02. The summed E-state index contributed by atoms with van der Waals surface area (Å²) in [5, 5.41) is 10.6. The largest absolute Gasteiger partial charge is 0.474 e. The van der Waals surface area contributed by atoms with E-state index in [4.69, 9.17) is 5.11 Å². The highest BCUT2D eigenvalue weighted by Gasteiger charge is 2.47. The van der Waals surface area contributed by atoms with Gasteiger partial charge in [-0.3, -0.25) is 4.79 Å². The number of carboxylic acids is 1. The zero-order valence-corrected chi connectivity index (χ0v) is 6.55. The zero-order valence-electron chi connectivity index (χ0n) is 6.55. The number of hydrogen-bond donors (Lipinski definition) is 2. The summed E-state index contributed by atoms with van der Waals surface area (Å²) >= 11 is 0. The Morgan fingerprint density at radius 3 is 2.27 bits per heavy atom. The van der Waals surface area contributed by atoms with Crippen LogP contribution in [0.25, 0.3) is 0 Å². The SMILES string of the molecule is CC1(C)CC1NC(=O)C(=O)O. The van der Waals surface area contributed by atoms with Gasteiger partial charge in [0.05, 0.1) is 0 Å². The smallest absolute Gasteiger partial charge is 0.394 e. The highest BCUT2D eigenvalue weighted by atomic mass is 16.4. The standard InChI is InChI=1S/C7H11NO3/c1-7(2)3-4(7)8-5(9)6(10)11/h4H,3H2,1-2H3,(H,8,9)(H,10,11). The number of carboxylic acid groups (broad SMARTS) is 1. The molecule has 0 aromatic carbocycles. The van der Waals surface area contributed by atoms with Crippen LogP contribution in [0.3, 0.4) is 0 Å². The molecule has 4 heteroatoms. The molecule has 62 valence electrons. The normalized spacial score (nSPS) is 25.8. The van der Waals surface area contributed by atoms with Gasteiger partial charge in [-0.25, -0.2) is 4.79 Å². The van der Waals surface area contributed by atoms with Crippen molar-refractivity contribution in [3.63, 3.8) is 0 Å². The predicted octanol–water partition coefficient (Wildman–Crippen LogP) is -0.0143. The highest BCUT2D eigenvalue weighted by Crippen LogP contribution is 2.44. The van der Waals surface area contributed by atoms with Crippen LogP contribution in [0.4, 0.5) is 0 Å². The van der Waals surface area contributed by atoms with Crippen LogP contribution in [0.5, 0.6) is 0 Å². The lowest BCUT2D eigenvalue weighted by atomic mass is 10.2. The minimum Gasteiger partial charge on any atom is -0.474 e. The van der Waals surface area contributed by atoms with Crippen molar-refractivity contribution >= 4 is 11.9 Å². The zero-order chi connectivity index (χ0) is 8.65. The summed E-state index contributed by atoms with van der Waals surface area (Å²) in [6, 6.07) is 0.0473. The average Bonchev–Trinajstić information content (AvgIpc) is 2.39. The molecule has 2 N–H and O–H groups in total. The maximum Gasteiger partial charge on any atom is 0.394 e. The van der Waals surface area contributed by atoms with Gasteiger partial charge < -0.3 is 10.4 Å². The third-order valence-electron chi connectivity index (χ3n) is 2.01. The molecule has 1 rings (SSSR count). The second kappa shape index (κ2) is 2.22. The van der Waals surface area contributed by atoms with Gasteiger partial charge in [0.15, 0.2) is 0 Å². The molecule has 1 saturated carbocycles. The first kappa shape index (κ1) is 8.04. The molecule has 1 aliphatic carbocycles. The molecule has 1 amide bonds. The Morgan fingerprint density at radius 1 is 1.55 bits per heavy atom. The lowest BCUT2D eigenvalue weighted by Crippen LogP contribution is -2.34. The molecule has 0 aromatic heterocycles. The molecular weight excluding hydrogens is 146 g/mol. The van der Waals surface area contributed by atoms with Gasteiger partial charge in [-0.05, 0) is 11.8 Å². The number of nitrogens with one attached hydrogen (secondary N) is 1. The van der Waals surface area contributed by atoms with E-state index in [9.17, 15) is 9.59 Å². The van der Waals surface area contributed by atoms with E-state index in [2.05, 4.69) is 5.32 Å². The van der Waals surface area contributed by atoms with Crippen LogP contribution in [0.2, 0.25) is 0 Å².